The lowest BCUT2D eigenvalue weighted by molar-refractivity contribution is -0.133. The van der Waals surface area contributed by atoms with Crippen molar-refractivity contribution in [1.29, 1.82) is 0 Å². The molecule has 0 atom stereocenters. The van der Waals surface area contributed by atoms with Gasteiger partial charge in [0.1, 0.15) is 6.54 Å². The van der Waals surface area contributed by atoms with E-state index < -0.39 is 11.9 Å². The van der Waals surface area contributed by atoms with Gasteiger partial charge in [-0.15, -0.1) is 0 Å². The van der Waals surface area contributed by atoms with Crippen LogP contribution in [-0.2, 0) is 20.9 Å². The summed E-state index contributed by atoms with van der Waals surface area (Å²) >= 11 is 12.1. The van der Waals surface area contributed by atoms with Gasteiger partial charge in [-0.3, -0.25) is 9.59 Å². The van der Waals surface area contributed by atoms with E-state index in [1.165, 1.54) is 19.1 Å². The first-order valence-corrected chi connectivity index (χ1v) is 9.71. The van der Waals surface area contributed by atoms with E-state index in [4.69, 9.17) is 27.9 Å². The maximum absolute atomic E-state index is 12.7. The number of rotatable bonds is 6. The second-order valence-corrected chi connectivity index (χ2v) is 7.39. The lowest BCUT2D eigenvalue weighted by atomic mass is 10.2. The van der Waals surface area contributed by atoms with Crippen molar-refractivity contribution in [3.63, 3.8) is 0 Å². The van der Waals surface area contributed by atoms with E-state index in [1.54, 1.807) is 47.2 Å². The molecule has 0 bridgehead atoms. The minimum atomic E-state index is -0.484. The topological polar surface area (TPSA) is 80.6 Å². The van der Waals surface area contributed by atoms with Crippen LogP contribution in [0.3, 0.4) is 0 Å². The van der Waals surface area contributed by atoms with Crippen LogP contribution < -0.4 is 5.32 Å². The number of nitrogens with zero attached hydrogens (tertiary/aromatic N) is 2. The molecule has 0 spiro atoms. The van der Waals surface area contributed by atoms with Crippen molar-refractivity contribution < 1.29 is 19.1 Å². The van der Waals surface area contributed by atoms with Crippen LogP contribution in [0.25, 0.3) is 10.9 Å². The van der Waals surface area contributed by atoms with Crippen LogP contribution >= 0.6 is 23.2 Å². The van der Waals surface area contributed by atoms with Crippen molar-refractivity contribution in [3.8, 4) is 0 Å². The van der Waals surface area contributed by atoms with E-state index in [9.17, 15) is 14.4 Å². The van der Waals surface area contributed by atoms with Gasteiger partial charge in [-0.2, -0.15) is 0 Å². The normalized spacial score (nSPS) is 10.7. The fourth-order valence-electron chi connectivity index (χ4n) is 3.02. The molecule has 0 saturated heterocycles. The number of nitrogens with one attached hydrogen (secondary N) is 1. The van der Waals surface area contributed by atoms with Crippen molar-refractivity contribution in [1.82, 2.24) is 9.47 Å². The summed E-state index contributed by atoms with van der Waals surface area (Å²) in [7, 11) is 2.82. The summed E-state index contributed by atoms with van der Waals surface area (Å²) in [5.74, 6) is -1.23. The molecule has 0 radical (unpaired) electrons. The second-order valence-electron chi connectivity index (χ2n) is 6.57. The average molecular weight is 448 g/mol. The molecule has 1 N–H and O–H groups in total. The zero-order valence-corrected chi connectivity index (χ0v) is 17.8. The molecule has 3 aromatic rings. The standard InChI is InChI=1S/C21H19Cl2N3O4/c1-25(11-18(27)24-20-15(22)7-5-8-16(20)23)19(28)12-26-10-14(21(29)30-2)13-6-3-4-9-17(13)26/h3-10H,11-12H2,1-2H3,(H,24,27). The molecule has 2 aromatic carbocycles. The number of carbonyl (C=O) groups excluding carboxylic acids is 3. The summed E-state index contributed by atoms with van der Waals surface area (Å²) in [4.78, 5) is 38.3. The molecular formula is C21H19Cl2N3O4. The van der Waals surface area contributed by atoms with Crippen LogP contribution in [0, 0.1) is 0 Å². The molecule has 1 heterocycles. The number of benzene rings is 2. The van der Waals surface area contributed by atoms with E-state index in [2.05, 4.69) is 5.32 Å². The van der Waals surface area contributed by atoms with Crippen LogP contribution in [0.4, 0.5) is 5.69 Å². The van der Waals surface area contributed by atoms with Gasteiger partial charge in [0.05, 0.1) is 35.0 Å². The van der Waals surface area contributed by atoms with E-state index in [0.29, 0.717) is 32.2 Å². The van der Waals surface area contributed by atoms with Gasteiger partial charge in [0, 0.05) is 24.1 Å². The Kier molecular flexibility index (Phi) is 6.64. The third kappa shape index (κ3) is 4.58. The smallest absolute Gasteiger partial charge is 0.340 e. The van der Waals surface area contributed by atoms with E-state index >= 15 is 0 Å². The molecular weight excluding hydrogens is 429 g/mol. The molecule has 7 nitrogen and oxygen atoms in total. The number of para-hydroxylation sites is 2. The highest BCUT2D eigenvalue weighted by Gasteiger charge is 2.19. The van der Waals surface area contributed by atoms with Crippen molar-refractivity contribution in [2.75, 3.05) is 26.0 Å². The number of aromatic nitrogens is 1. The van der Waals surface area contributed by atoms with Crippen LogP contribution in [-0.4, -0.2) is 48.0 Å². The second kappa shape index (κ2) is 9.19. The predicted molar refractivity (Wildman–Crippen MR) is 116 cm³/mol. The summed E-state index contributed by atoms with van der Waals surface area (Å²) in [6.07, 6.45) is 1.58. The third-order valence-electron chi connectivity index (χ3n) is 4.53. The molecule has 0 saturated carbocycles. The van der Waals surface area contributed by atoms with Crippen molar-refractivity contribution in [3.05, 3.63) is 64.3 Å². The van der Waals surface area contributed by atoms with Gasteiger partial charge >= 0.3 is 5.97 Å². The first-order valence-electron chi connectivity index (χ1n) is 8.95. The Hall–Kier alpha value is -3.03. The van der Waals surface area contributed by atoms with Gasteiger partial charge in [-0.25, -0.2) is 4.79 Å². The predicted octanol–water partition coefficient (Wildman–Crippen LogP) is 3.83. The number of methoxy groups -OCH3 is 1. The average Bonchev–Trinajstić information content (AvgIpc) is 3.08. The molecule has 0 aliphatic rings. The first kappa shape index (κ1) is 21.7. The Balaban J connectivity index is 1.72. The molecule has 9 heteroatoms. The largest absolute Gasteiger partial charge is 0.465 e. The van der Waals surface area contributed by atoms with Gasteiger partial charge in [-0.05, 0) is 18.2 Å². The van der Waals surface area contributed by atoms with Crippen LogP contribution in [0.1, 0.15) is 10.4 Å². The highest BCUT2D eigenvalue weighted by Crippen LogP contribution is 2.29. The first-order chi connectivity index (χ1) is 14.3. The van der Waals surface area contributed by atoms with Crippen molar-refractivity contribution in [2.45, 2.75) is 6.54 Å². The summed E-state index contributed by atoms with van der Waals surface area (Å²) in [5.41, 5.74) is 1.38. The van der Waals surface area contributed by atoms with E-state index in [1.807, 2.05) is 6.07 Å². The SMILES string of the molecule is COC(=O)c1cn(CC(=O)N(C)CC(=O)Nc2c(Cl)cccc2Cl)c2ccccc12. The third-order valence-corrected chi connectivity index (χ3v) is 5.16. The maximum atomic E-state index is 12.7. The Bertz CT molecular complexity index is 1110. The number of ether oxygens (including phenoxy) is 1. The lowest BCUT2D eigenvalue weighted by Crippen LogP contribution is -2.36. The molecule has 0 aliphatic heterocycles. The summed E-state index contributed by atoms with van der Waals surface area (Å²) in [6.45, 7) is -0.239. The van der Waals surface area contributed by atoms with Crippen LogP contribution in [0.15, 0.2) is 48.7 Å². The van der Waals surface area contributed by atoms with Gasteiger partial charge < -0.3 is 19.5 Å². The zero-order valence-electron chi connectivity index (χ0n) is 16.3. The minimum absolute atomic E-state index is 0.0475. The van der Waals surface area contributed by atoms with Gasteiger partial charge in [-0.1, -0.05) is 47.5 Å². The van der Waals surface area contributed by atoms with E-state index in [0.717, 1.165) is 0 Å². The quantitative estimate of drug-likeness (QED) is 0.582. The fourth-order valence-corrected chi connectivity index (χ4v) is 3.51. The summed E-state index contributed by atoms with van der Waals surface area (Å²) < 4.78 is 6.47. The van der Waals surface area contributed by atoms with Crippen LogP contribution in [0.2, 0.25) is 10.0 Å². The fraction of sp³-hybridized carbons (Fsp3) is 0.190. The number of likely N-dealkylation sites (N-methyl/N-ethyl adjacent to an activating group) is 1. The number of fused-ring (bicyclic) bond motifs is 1. The minimum Gasteiger partial charge on any atom is -0.465 e. The molecule has 3 rings (SSSR count). The van der Waals surface area contributed by atoms with Crippen LogP contribution in [0.5, 0.6) is 0 Å². The molecule has 156 valence electrons. The number of carbonyl (C=O) groups is 3. The van der Waals surface area contributed by atoms with E-state index in [-0.39, 0.29) is 19.0 Å². The Morgan fingerprint density at radius 1 is 1.07 bits per heavy atom. The molecule has 0 aliphatic carbocycles. The monoisotopic (exact) mass is 447 g/mol. The molecule has 0 fully saturated rings. The highest BCUT2D eigenvalue weighted by atomic mass is 35.5. The number of amides is 2. The number of hydrogen-bond donors (Lipinski definition) is 1. The van der Waals surface area contributed by atoms with Gasteiger partial charge in [0.25, 0.3) is 0 Å². The Labute approximate surface area is 183 Å². The number of halogens is 2. The molecule has 2 amide bonds. The van der Waals surface area contributed by atoms with Gasteiger partial charge in [0.2, 0.25) is 11.8 Å². The molecule has 30 heavy (non-hydrogen) atoms. The Morgan fingerprint density at radius 3 is 2.40 bits per heavy atom. The molecule has 1 aromatic heterocycles. The molecule has 0 unspecified atom stereocenters. The zero-order chi connectivity index (χ0) is 21.8. The maximum Gasteiger partial charge on any atom is 0.340 e. The van der Waals surface area contributed by atoms with Gasteiger partial charge in [0.15, 0.2) is 0 Å². The summed E-state index contributed by atoms with van der Waals surface area (Å²) in [5, 5.41) is 3.91. The van der Waals surface area contributed by atoms with Crippen molar-refractivity contribution in [2.24, 2.45) is 0 Å². The number of anilines is 1. The highest BCUT2D eigenvalue weighted by molar-refractivity contribution is 6.39. The lowest BCUT2D eigenvalue weighted by Gasteiger charge is -2.18. The Morgan fingerprint density at radius 2 is 1.73 bits per heavy atom. The van der Waals surface area contributed by atoms with Crippen molar-refractivity contribution >= 4 is 57.6 Å². The number of esters is 1. The number of hydrogen-bond acceptors (Lipinski definition) is 4. The summed E-state index contributed by atoms with van der Waals surface area (Å²) in [6, 6.07) is 12.1.